The molecule has 1 aromatic carbocycles. The molecule has 178 valence electrons. The second-order valence-corrected chi connectivity index (χ2v) is 9.15. The van der Waals surface area contributed by atoms with E-state index in [1.54, 1.807) is 0 Å². The highest BCUT2D eigenvalue weighted by Crippen LogP contribution is 2.23. The van der Waals surface area contributed by atoms with Crippen molar-refractivity contribution in [3.8, 4) is 0 Å². The van der Waals surface area contributed by atoms with Gasteiger partial charge in [-0.1, -0.05) is 29.3 Å². The molecule has 0 radical (unpaired) electrons. The Kier molecular flexibility index (Phi) is 9.71. The lowest BCUT2D eigenvalue weighted by Gasteiger charge is -2.33. The molecule has 2 aliphatic rings. The van der Waals surface area contributed by atoms with E-state index in [1.165, 1.54) is 0 Å². The van der Waals surface area contributed by atoms with E-state index in [-0.39, 0.29) is 18.2 Å². The summed E-state index contributed by atoms with van der Waals surface area (Å²) in [6, 6.07) is 5.50. The maximum absolute atomic E-state index is 12.2. The van der Waals surface area contributed by atoms with Gasteiger partial charge in [0.25, 0.3) is 0 Å². The fraction of sp³-hybridized carbons (Fsp3) is 0.636. The zero-order valence-corrected chi connectivity index (χ0v) is 20.1. The Morgan fingerprint density at radius 1 is 1.06 bits per heavy atom. The summed E-state index contributed by atoms with van der Waals surface area (Å²) in [7, 11) is 0. The van der Waals surface area contributed by atoms with E-state index >= 15 is 0 Å². The zero-order valence-electron chi connectivity index (χ0n) is 18.5. The minimum atomic E-state index is -0.179. The minimum absolute atomic E-state index is 0.00246. The first kappa shape index (κ1) is 24.9. The smallest absolute Gasteiger partial charge is 0.317 e. The summed E-state index contributed by atoms with van der Waals surface area (Å²) in [5.41, 5.74) is 1.10. The maximum atomic E-state index is 12.2. The molecule has 3 rings (SSSR count). The lowest BCUT2D eigenvalue weighted by atomic mass is 9.97. The number of ether oxygens (including phenoxy) is 1. The van der Waals surface area contributed by atoms with Crippen LogP contribution in [-0.4, -0.2) is 80.4 Å². The molecule has 0 spiro atoms. The number of nitrogens with zero attached hydrogens (tertiary/aromatic N) is 2. The summed E-state index contributed by atoms with van der Waals surface area (Å²) in [5.74, 6) is 0.388. The Bertz CT molecular complexity index is 774. The van der Waals surface area contributed by atoms with E-state index in [1.807, 2.05) is 30.0 Å². The third-order valence-corrected chi connectivity index (χ3v) is 6.62. The Morgan fingerprint density at radius 3 is 2.53 bits per heavy atom. The van der Waals surface area contributed by atoms with Crippen molar-refractivity contribution in [2.75, 3.05) is 52.4 Å². The molecule has 2 heterocycles. The van der Waals surface area contributed by atoms with Crippen LogP contribution < -0.4 is 16.0 Å². The van der Waals surface area contributed by atoms with Crippen molar-refractivity contribution >= 4 is 35.3 Å². The highest BCUT2D eigenvalue weighted by Gasteiger charge is 2.24. The number of piperidine rings is 1. The Hall–Kier alpha value is -1.74. The number of hydrogen-bond acceptors (Lipinski definition) is 4. The van der Waals surface area contributed by atoms with Gasteiger partial charge in [0, 0.05) is 52.4 Å². The van der Waals surface area contributed by atoms with Gasteiger partial charge >= 0.3 is 12.1 Å². The number of carbonyl (C=O) groups excluding carboxylic acids is 2. The first-order valence-electron chi connectivity index (χ1n) is 11.3. The molecule has 4 amide bonds. The number of carbonyl (C=O) groups is 2. The monoisotopic (exact) mass is 485 g/mol. The number of hydrogen-bond donors (Lipinski definition) is 3. The van der Waals surface area contributed by atoms with Crippen molar-refractivity contribution in [3.63, 3.8) is 0 Å². The van der Waals surface area contributed by atoms with E-state index in [2.05, 4.69) is 20.9 Å². The van der Waals surface area contributed by atoms with Crippen LogP contribution in [0, 0.1) is 5.92 Å². The predicted molar refractivity (Wildman–Crippen MR) is 126 cm³/mol. The molecule has 10 heteroatoms. The Labute approximate surface area is 199 Å². The van der Waals surface area contributed by atoms with Crippen LogP contribution in [0.3, 0.4) is 0 Å². The second kappa shape index (κ2) is 12.5. The molecule has 0 bridgehead atoms. The Balaban J connectivity index is 1.32. The van der Waals surface area contributed by atoms with Crippen LogP contribution in [-0.2, 0) is 11.3 Å². The highest BCUT2D eigenvalue weighted by atomic mass is 35.5. The molecule has 3 N–H and O–H groups in total. The molecule has 8 nitrogen and oxygen atoms in total. The first-order valence-corrected chi connectivity index (χ1v) is 12.0. The van der Waals surface area contributed by atoms with Gasteiger partial charge in [0.05, 0.1) is 22.8 Å². The van der Waals surface area contributed by atoms with Gasteiger partial charge in [-0.25, -0.2) is 9.59 Å². The van der Waals surface area contributed by atoms with E-state index in [0.29, 0.717) is 42.2 Å². The minimum Gasteiger partial charge on any atom is -0.374 e. The van der Waals surface area contributed by atoms with Crippen LogP contribution in [0.4, 0.5) is 9.59 Å². The number of likely N-dealkylation sites (tertiary alicyclic amines) is 1. The van der Waals surface area contributed by atoms with Gasteiger partial charge in [-0.3, -0.25) is 4.90 Å². The normalized spacial score (nSPS) is 20.1. The zero-order chi connectivity index (χ0) is 22.9. The molecule has 32 heavy (non-hydrogen) atoms. The standard InChI is InChI=1S/C22H33Cl2N5O3/c1-2-25-22(31)29-7-5-16(6-8-29)12-26-21(30)27-13-18-15-28(9-10-32-18)14-17-3-4-19(23)20(24)11-17/h3-4,11,16,18H,2,5-10,12-15H2,1H3,(H,25,31)(H2,26,27,30)/t18-/m0/s1. The SMILES string of the molecule is CCNC(=O)N1CCC(CNC(=O)NC[C@H]2CN(Cc3ccc(Cl)c(Cl)c3)CCO2)CC1. The van der Waals surface area contributed by atoms with Gasteiger partial charge in [-0.15, -0.1) is 0 Å². The van der Waals surface area contributed by atoms with Crippen molar-refractivity contribution in [1.29, 1.82) is 0 Å². The predicted octanol–water partition coefficient (Wildman–Crippen LogP) is 2.93. The van der Waals surface area contributed by atoms with Crippen molar-refractivity contribution in [2.24, 2.45) is 5.92 Å². The van der Waals surface area contributed by atoms with Gasteiger partial charge in [0.15, 0.2) is 0 Å². The first-order chi connectivity index (χ1) is 15.4. The van der Waals surface area contributed by atoms with E-state index in [9.17, 15) is 9.59 Å². The van der Waals surface area contributed by atoms with E-state index in [4.69, 9.17) is 27.9 Å². The van der Waals surface area contributed by atoms with Crippen LogP contribution in [0.1, 0.15) is 25.3 Å². The van der Waals surface area contributed by atoms with Gasteiger partial charge in [0.1, 0.15) is 0 Å². The number of benzene rings is 1. The largest absolute Gasteiger partial charge is 0.374 e. The molecule has 1 aromatic rings. The fourth-order valence-electron chi connectivity index (χ4n) is 4.05. The van der Waals surface area contributed by atoms with Crippen LogP contribution in [0.25, 0.3) is 0 Å². The third kappa shape index (κ3) is 7.69. The van der Waals surface area contributed by atoms with Gasteiger partial charge in [0.2, 0.25) is 0 Å². The number of halogens is 2. The Morgan fingerprint density at radius 2 is 1.81 bits per heavy atom. The number of nitrogens with one attached hydrogen (secondary N) is 3. The molecule has 2 saturated heterocycles. The summed E-state index contributed by atoms with van der Waals surface area (Å²) in [6.07, 6.45) is 1.73. The lowest BCUT2D eigenvalue weighted by molar-refractivity contribution is -0.0287. The van der Waals surface area contributed by atoms with Gasteiger partial charge < -0.3 is 25.6 Å². The second-order valence-electron chi connectivity index (χ2n) is 8.33. The third-order valence-electron chi connectivity index (χ3n) is 5.88. The highest BCUT2D eigenvalue weighted by molar-refractivity contribution is 6.42. The number of amides is 4. The summed E-state index contributed by atoms with van der Waals surface area (Å²) < 4.78 is 5.81. The van der Waals surface area contributed by atoms with Crippen molar-refractivity contribution in [2.45, 2.75) is 32.4 Å². The van der Waals surface area contributed by atoms with Crippen LogP contribution >= 0.6 is 23.2 Å². The summed E-state index contributed by atoms with van der Waals surface area (Å²) in [5, 5.41) is 9.82. The average molecular weight is 486 g/mol. The van der Waals surface area contributed by atoms with Gasteiger partial charge in [-0.2, -0.15) is 0 Å². The topological polar surface area (TPSA) is 85.9 Å². The number of urea groups is 2. The lowest BCUT2D eigenvalue weighted by Crippen LogP contribution is -2.50. The van der Waals surface area contributed by atoms with E-state index in [0.717, 1.165) is 51.1 Å². The summed E-state index contributed by atoms with van der Waals surface area (Å²) in [6.45, 7) is 8.03. The molecule has 2 aliphatic heterocycles. The maximum Gasteiger partial charge on any atom is 0.317 e. The van der Waals surface area contributed by atoms with Crippen LogP contribution in [0.15, 0.2) is 18.2 Å². The molecule has 0 saturated carbocycles. The van der Waals surface area contributed by atoms with Crippen molar-refractivity contribution < 1.29 is 14.3 Å². The van der Waals surface area contributed by atoms with Gasteiger partial charge in [-0.05, 0) is 43.4 Å². The molecule has 0 aliphatic carbocycles. The van der Waals surface area contributed by atoms with Crippen molar-refractivity contribution in [3.05, 3.63) is 33.8 Å². The van der Waals surface area contributed by atoms with E-state index < -0.39 is 0 Å². The average Bonchev–Trinajstić information content (AvgIpc) is 2.79. The molecule has 0 unspecified atom stereocenters. The summed E-state index contributed by atoms with van der Waals surface area (Å²) in [4.78, 5) is 28.2. The number of morpholine rings is 1. The quantitative estimate of drug-likeness (QED) is 0.554. The van der Waals surface area contributed by atoms with Crippen molar-refractivity contribution in [1.82, 2.24) is 25.8 Å². The molecular weight excluding hydrogens is 453 g/mol. The summed E-state index contributed by atoms with van der Waals surface area (Å²) >= 11 is 12.1. The molecule has 2 fully saturated rings. The molecular formula is C22H33Cl2N5O3. The number of rotatable bonds is 7. The van der Waals surface area contributed by atoms with Crippen LogP contribution in [0.2, 0.25) is 10.0 Å². The molecule has 1 atom stereocenters. The fourth-order valence-corrected chi connectivity index (χ4v) is 4.37. The molecule has 0 aromatic heterocycles. The van der Waals surface area contributed by atoms with Crippen LogP contribution in [0.5, 0.6) is 0 Å².